The van der Waals surface area contributed by atoms with Crippen LogP contribution >= 0.6 is 0 Å². The third kappa shape index (κ3) is 3.72. The van der Waals surface area contributed by atoms with Gasteiger partial charge in [-0.05, 0) is 12.8 Å². The first-order valence-corrected chi connectivity index (χ1v) is 8.33. The fourth-order valence-electron chi connectivity index (χ4n) is 3.13. The van der Waals surface area contributed by atoms with Gasteiger partial charge in [0.15, 0.2) is 5.82 Å². The van der Waals surface area contributed by atoms with Crippen LogP contribution in [0.1, 0.15) is 25.7 Å². The number of amides is 1. The number of morpholine rings is 1. The predicted molar refractivity (Wildman–Crippen MR) is 90.0 cm³/mol. The normalized spacial score (nSPS) is 19.0. The molecule has 2 fully saturated rings. The molecule has 1 aliphatic carbocycles. The molecule has 2 aliphatic rings. The SMILES string of the molecule is CN(C)c1nc(N2CCOCC2)ncc1NC(=O)C1CCCC1. The van der Waals surface area contributed by atoms with Crippen molar-refractivity contribution in [2.45, 2.75) is 25.7 Å². The number of aromatic nitrogens is 2. The Balaban J connectivity index is 1.77. The summed E-state index contributed by atoms with van der Waals surface area (Å²) in [6, 6.07) is 0. The van der Waals surface area contributed by atoms with Crippen LogP contribution in [0.15, 0.2) is 6.20 Å². The van der Waals surface area contributed by atoms with Crippen LogP contribution in [0.2, 0.25) is 0 Å². The Kier molecular flexibility index (Phi) is 4.95. The number of rotatable bonds is 4. The molecule has 7 heteroatoms. The van der Waals surface area contributed by atoms with Gasteiger partial charge in [-0.3, -0.25) is 4.79 Å². The van der Waals surface area contributed by atoms with Crippen LogP contribution in [0.3, 0.4) is 0 Å². The van der Waals surface area contributed by atoms with Crippen molar-refractivity contribution in [3.63, 3.8) is 0 Å². The lowest BCUT2D eigenvalue weighted by atomic mass is 10.1. The van der Waals surface area contributed by atoms with Crippen LogP contribution in [-0.4, -0.2) is 56.3 Å². The maximum Gasteiger partial charge on any atom is 0.227 e. The molecule has 1 amide bonds. The molecule has 2 heterocycles. The molecule has 1 saturated heterocycles. The minimum atomic E-state index is 0.0910. The fourth-order valence-corrected chi connectivity index (χ4v) is 3.13. The number of carbonyl (C=O) groups is 1. The van der Waals surface area contributed by atoms with Gasteiger partial charge < -0.3 is 19.9 Å². The molecular formula is C16H25N5O2. The first-order chi connectivity index (χ1) is 11.1. The molecule has 3 rings (SSSR count). The van der Waals surface area contributed by atoms with E-state index >= 15 is 0 Å². The zero-order chi connectivity index (χ0) is 16.2. The molecule has 23 heavy (non-hydrogen) atoms. The molecule has 126 valence electrons. The van der Waals surface area contributed by atoms with Gasteiger partial charge in [0.1, 0.15) is 5.69 Å². The van der Waals surface area contributed by atoms with Gasteiger partial charge in [-0.15, -0.1) is 0 Å². The molecule has 0 radical (unpaired) electrons. The third-order valence-corrected chi connectivity index (χ3v) is 4.46. The van der Waals surface area contributed by atoms with Gasteiger partial charge in [0, 0.05) is 33.1 Å². The highest BCUT2D eigenvalue weighted by molar-refractivity contribution is 5.95. The van der Waals surface area contributed by atoms with Crippen LogP contribution in [0.4, 0.5) is 17.5 Å². The van der Waals surface area contributed by atoms with E-state index in [4.69, 9.17) is 4.74 Å². The van der Waals surface area contributed by atoms with E-state index in [9.17, 15) is 4.79 Å². The summed E-state index contributed by atoms with van der Waals surface area (Å²) in [7, 11) is 3.85. The van der Waals surface area contributed by atoms with Crippen LogP contribution in [0.5, 0.6) is 0 Å². The average molecular weight is 319 g/mol. The molecule has 0 spiro atoms. The molecule has 7 nitrogen and oxygen atoms in total. The smallest absolute Gasteiger partial charge is 0.227 e. The van der Waals surface area contributed by atoms with E-state index in [-0.39, 0.29) is 11.8 Å². The second-order valence-corrected chi connectivity index (χ2v) is 6.37. The van der Waals surface area contributed by atoms with Crippen LogP contribution in [0, 0.1) is 5.92 Å². The largest absolute Gasteiger partial charge is 0.378 e. The van der Waals surface area contributed by atoms with Crippen LogP contribution in [0.25, 0.3) is 0 Å². The Morgan fingerprint density at radius 1 is 1.30 bits per heavy atom. The summed E-state index contributed by atoms with van der Waals surface area (Å²) in [5.41, 5.74) is 0.684. The Morgan fingerprint density at radius 2 is 2.00 bits per heavy atom. The second kappa shape index (κ2) is 7.12. The molecule has 0 bridgehead atoms. The summed E-state index contributed by atoms with van der Waals surface area (Å²) >= 11 is 0. The number of ether oxygens (including phenoxy) is 1. The summed E-state index contributed by atoms with van der Waals surface area (Å²) in [4.78, 5) is 25.5. The molecule has 0 atom stereocenters. The maximum absolute atomic E-state index is 12.4. The number of carbonyl (C=O) groups excluding carboxylic acids is 1. The third-order valence-electron chi connectivity index (χ3n) is 4.46. The van der Waals surface area contributed by atoms with Crippen molar-refractivity contribution in [1.82, 2.24) is 9.97 Å². The monoisotopic (exact) mass is 319 g/mol. The summed E-state index contributed by atoms with van der Waals surface area (Å²) in [5.74, 6) is 1.65. The lowest BCUT2D eigenvalue weighted by molar-refractivity contribution is -0.119. The number of nitrogens with one attached hydrogen (secondary N) is 1. The fraction of sp³-hybridized carbons (Fsp3) is 0.688. The van der Waals surface area contributed by atoms with Crippen molar-refractivity contribution < 1.29 is 9.53 Å². The van der Waals surface area contributed by atoms with E-state index in [1.807, 2.05) is 19.0 Å². The van der Waals surface area contributed by atoms with E-state index < -0.39 is 0 Å². The number of hydrogen-bond donors (Lipinski definition) is 1. The highest BCUT2D eigenvalue weighted by Crippen LogP contribution is 2.29. The molecule has 1 N–H and O–H groups in total. The number of hydrogen-bond acceptors (Lipinski definition) is 6. The zero-order valence-electron chi connectivity index (χ0n) is 13.9. The molecule has 1 saturated carbocycles. The van der Waals surface area contributed by atoms with Crippen molar-refractivity contribution in [3.05, 3.63) is 6.20 Å². The minimum Gasteiger partial charge on any atom is -0.378 e. The highest BCUT2D eigenvalue weighted by Gasteiger charge is 2.24. The quantitative estimate of drug-likeness (QED) is 0.907. The van der Waals surface area contributed by atoms with Gasteiger partial charge >= 0.3 is 0 Å². The Morgan fingerprint density at radius 3 is 2.65 bits per heavy atom. The minimum absolute atomic E-state index is 0.0910. The first-order valence-electron chi connectivity index (χ1n) is 8.33. The van der Waals surface area contributed by atoms with Gasteiger partial charge in [-0.25, -0.2) is 4.98 Å². The van der Waals surface area contributed by atoms with Crippen molar-refractivity contribution in [3.8, 4) is 0 Å². The summed E-state index contributed by atoms with van der Waals surface area (Å²) in [5, 5.41) is 3.02. The predicted octanol–water partition coefficient (Wildman–Crippen LogP) is 1.51. The van der Waals surface area contributed by atoms with Gasteiger partial charge in [0.2, 0.25) is 11.9 Å². The average Bonchev–Trinajstić information content (AvgIpc) is 3.10. The summed E-state index contributed by atoms with van der Waals surface area (Å²) < 4.78 is 5.37. The molecular weight excluding hydrogens is 294 g/mol. The van der Waals surface area contributed by atoms with Crippen LogP contribution in [-0.2, 0) is 9.53 Å². The van der Waals surface area contributed by atoms with Crippen LogP contribution < -0.4 is 15.1 Å². The van der Waals surface area contributed by atoms with Crippen molar-refractivity contribution in [2.75, 3.05) is 55.5 Å². The van der Waals surface area contributed by atoms with Gasteiger partial charge in [-0.1, -0.05) is 12.8 Å². The lowest BCUT2D eigenvalue weighted by Gasteiger charge is -2.28. The molecule has 0 unspecified atom stereocenters. The Labute approximate surface area is 137 Å². The highest BCUT2D eigenvalue weighted by atomic mass is 16.5. The van der Waals surface area contributed by atoms with E-state index in [1.54, 1.807) is 6.20 Å². The van der Waals surface area contributed by atoms with Crippen molar-refractivity contribution >= 4 is 23.4 Å². The van der Waals surface area contributed by atoms with E-state index in [0.29, 0.717) is 24.8 Å². The van der Waals surface area contributed by atoms with Gasteiger partial charge in [0.05, 0.1) is 19.4 Å². The second-order valence-electron chi connectivity index (χ2n) is 6.37. The molecule has 1 aromatic rings. The van der Waals surface area contributed by atoms with Gasteiger partial charge in [-0.2, -0.15) is 4.98 Å². The Hall–Kier alpha value is -1.89. The summed E-state index contributed by atoms with van der Waals surface area (Å²) in [6.07, 6.45) is 5.97. The summed E-state index contributed by atoms with van der Waals surface area (Å²) in [6.45, 7) is 2.98. The van der Waals surface area contributed by atoms with Crippen molar-refractivity contribution in [2.24, 2.45) is 5.92 Å². The molecule has 1 aliphatic heterocycles. The number of anilines is 3. The zero-order valence-corrected chi connectivity index (χ0v) is 13.9. The first kappa shape index (κ1) is 16.0. The molecule has 1 aromatic heterocycles. The van der Waals surface area contributed by atoms with E-state index in [1.165, 1.54) is 0 Å². The topological polar surface area (TPSA) is 70.6 Å². The maximum atomic E-state index is 12.4. The van der Waals surface area contributed by atoms with Crippen molar-refractivity contribution in [1.29, 1.82) is 0 Å². The van der Waals surface area contributed by atoms with E-state index in [0.717, 1.165) is 44.6 Å². The number of nitrogens with zero attached hydrogens (tertiary/aromatic N) is 4. The Bertz CT molecular complexity index is 551. The van der Waals surface area contributed by atoms with Gasteiger partial charge in [0.25, 0.3) is 0 Å². The standard InChI is InChI=1S/C16H25N5O2/c1-20(2)14-13(18-15(22)12-5-3-4-6-12)11-17-16(19-14)21-7-9-23-10-8-21/h11-12H,3-10H2,1-2H3,(H,18,22). The molecule has 0 aromatic carbocycles. The lowest BCUT2D eigenvalue weighted by Crippen LogP contribution is -2.37. The van der Waals surface area contributed by atoms with E-state index in [2.05, 4.69) is 20.2 Å².